The molecule has 2 rings (SSSR count). The molecule has 13 atom stereocenters. The number of hydrogen-bond acceptors (Lipinski definition) is 14. The number of aliphatic hydroxyl groups excluding tert-OH is 5. The summed E-state index contributed by atoms with van der Waals surface area (Å²) in [5.41, 5.74) is 29.8. The zero-order valence-corrected chi connectivity index (χ0v) is 18.8. The van der Waals surface area contributed by atoms with Crippen molar-refractivity contribution in [2.75, 3.05) is 19.8 Å². The maximum absolute atomic E-state index is 10.2. The molecule has 2 aliphatic heterocycles. The number of ether oxygens (including phenoxy) is 4. The maximum atomic E-state index is 10.2. The van der Waals surface area contributed by atoms with Crippen LogP contribution >= 0.6 is 0 Å². The molecule has 196 valence electrons. The Bertz CT molecular complexity index is 580. The van der Waals surface area contributed by atoms with Gasteiger partial charge in [0.15, 0.2) is 12.6 Å². The molecule has 15 N–H and O–H groups in total. The first-order valence-corrected chi connectivity index (χ1v) is 11.1. The number of aliphatic hydroxyl groups is 5. The zero-order chi connectivity index (χ0) is 24.9. The fraction of sp³-hybridized carbons (Fsp3) is 1.00. The van der Waals surface area contributed by atoms with E-state index in [0.717, 1.165) is 0 Å². The van der Waals surface area contributed by atoms with Crippen LogP contribution in [0, 0.1) is 0 Å². The average Bonchev–Trinajstić information content (AvgIpc) is 2.78. The van der Waals surface area contributed by atoms with Gasteiger partial charge in [0.05, 0.1) is 49.7 Å². The van der Waals surface area contributed by atoms with Gasteiger partial charge in [0, 0.05) is 18.6 Å². The summed E-state index contributed by atoms with van der Waals surface area (Å²) in [4.78, 5) is 0. The molecule has 0 amide bonds. The third-order valence-corrected chi connectivity index (χ3v) is 6.23. The van der Waals surface area contributed by atoms with Gasteiger partial charge < -0.3 is 73.1 Å². The Morgan fingerprint density at radius 1 is 0.939 bits per heavy atom. The Balaban J connectivity index is 1.91. The first-order valence-electron chi connectivity index (χ1n) is 11.1. The molecule has 14 nitrogen and oxygen atoms in total. The Hall–Kier alpha value is -0.560. The van der Waals surface area contributed by atoms with Crippen molar-refractivity contribution >= 4 is 0 Å². The van der Waals surface area contributed by atoms with Gasteiger partial charge in [-0.3, -0.25) is 0 Å². The lowest BCUT2D eigenvalue weighted by atomic mass is 9.96. The second-order valence-electron chi connectivity index (χ2n) is 8.79. The fourth-order valence-electron chi connectivity index (χ4n) is 3.90. The molecule has 0 aliphatic carbocycles. The van der Waals surface area contributed by atoms with E-state index in [2.05, 4.69) is 0 Å². The first kappa shape index (κ1) is 28.7. The standard InChI is InChI=1S/C19H41N5O9/c1-7(30-19-17(29)15(24)16(28)14(6-26)33-19)8(21)2-9(22)13(5-25)32-18-10(23)3-11(27)12(4-20)31-18/h7-19,25-29H,2-6,20-24H2,1H3/t7?,8-,9?,10?,11+,12?,13+,14?,15?,16+,17?,18-,19-/m1/s1. The summed E-state index contributed by atoms with van der Waals surface area (Å²) < 4.78 is 22.5. The molecular weight excluding hydrogens is 442 g/mol. The predicted molar refractivity (Wildman–Crippen MR) is 115 cm³/mol. The lowest BCUT2D eigenvalue weighted by molar-refractivity contribution is -0.288. The van der Waals surface area contributed by atoms with Gasteiger partial charge in [-0.1, -0.05) is 0 Å². The van der Waals surface area contributed by atoms with Crippen LogP contribution in [-0.2, 0) is 18.9 Å². The molecule has 2 aliphatic rings. The third-order valence-electron chi connectivity index (χ3n) is 6.23. The molecule has 2 saturated heterocycles. The predicted octanol–water partition coefficient (Wildman–Crippen LogP) is -5.66. The molecular formula is C19H41N5O9. The normalized spacial score (nSPS) is 41.4. The van der Waals surface area contributed by atoms with Crippen LogP contribution in [-0.4, -0.2) is 125 Å². The van der Waals surface area contributed by atoms with E-state index in [1.807, 2.05) is 0 Å². The van der Waals surface area contributed by atoms with E-state index < -0.39 is 92.7 Å². The van der Waals surface area contributed by atoms with Crippen LogP contribution in [0.1, 0.15) is 19.8 Å². The Kier molecular flexibility index (Phi) is 11.2. The largest absolute Gasteiger partial charge is 0.394 e. The van der Waals surface area contributed by atoms with Crippen molar-refractivity contribution in [3.8, 4) is 0 Å². The summed E-state index contributed by atoms with van der Waals surface area (Å²) in [6.45, 7) is 0.785. The molecule has 0 aromatic heterocycles. The zero-order valence-electron chi connectivity index (χ0n) is 18.8. The third kappa shape index (κ3) is 7.22. The van der Waals surface area contributed by atoms with Crippen molar-refractivity contribution in [2.24, 2.45) is 28.7 Å². The molecule has 0 radical (unpaired) electrons. The SMILES string of the molecule is CC(O[C@@H]1OC(CO)[C@H](O)C(N)C1O)[C@H](N)CC(N)[C@H](CO)O[C@H]1OC(CN)[C@@H](O)CC1N. The van der Waals surface area contributed by atoms with Crippen LogP contribution in [0.3, 0.4) is 0 Å². The van der Waals surface area contributed by atoms with Gasteiger partial charge in [0.25, 0.3) is 0 Å². The minimum absolute atomic E-state index is 0.0796. The number of nitrogens with two attached hydrogens (primary N) is 5. The lowest BCUT2D eigenvalue weighted by Gasteiger charge is -2.42. The fourth-order valence-corrected chi connectivity index (χ4v) is 3.90. The highest BCUT2D eigenvalue weighted by molar-refractivity contribution is 4.93. The summed E-state index contributed by atoms with van der Waals surface area (Å²) >= 11 is 0. The number of rotatable bonds is 11. The summed E-state index contributed by atoms with van der Waals surface area (Å²) in [6, 6.07) is -3.11. The van der Waals surface area contributed by atoms with Crippen molar-refractivity contribution < 1.29 is 44.5 Å². The highest BCUT2D eigenvalue weighted by Gasteiger charge is 2.44. The van der Waals surface area contributed by atoms with E-state index >= 15 is 0 Å². The molecule has 2 heterocycles. The lowest BCUT2D eigenvalue weighted by Crippen LogP contribution is -2.63. The minimum atomic E-state index is -1.34. The van der Waals surface area contributed by atoms with Gasteiger partial charge in [0.2, 0.25) is 0 Å². The van der Waals surface area contributed by atoms with Crippen molar-refractivity contribution in [3.05, 3.63) is 0 Å². The second kappa shape index (κ2) is 12.9. The Morgan fingerprint density at radius 3 is 2.15 bits per heavy atom. The van der Waals surface area contributed by atoms with Crippen molar-refractivity contribution in [3.63, 3.8) is 0 Å². The van der Waals surface area contributed by atoms with Gasteiger partial charge >= 0.3 is 0 Å². The van der Waals surface area contributed by atoms with E-state index in [0.29, 0.717) is 0 Å². The van der Waals surface area contributed by atoms with E-state index in [1.54, 1.807) is 6.92 Å². The van der Waals surface area contributed by atoms with Crippen LogP contribution in [0.15, 0.2) is 0 Å². The average molecular weight is 484 g/mol. The van der Waals surface area contributed by atoms with Crippen molar-refractivity contribution in [1.82, 2.24) is 0 Å². The highest BCUT2D eigenvalue weighted by atomic mass is 16.7. The Labute approximate surface area is 192 Å². The summed E-state index contributed by atoms with van der Waals surface area (Å²) in [5.74, 6) is 0. The van der Waals surface area contributed by atoms with Crippen LogP contribution in [0.2, 0.25) is 0 Å². The molecule has 7 unspecified atom stereocenters. The molecule has 14 heteroatoms. The monoisotopic (exact) mass is 483 g/mol. The number of hydrogen-bond donors (Lipinski definition) is 10. The second-order valence-corrected chi connectivity index (χ2v) is 8.79. The topological polar surface area (TPSA) is 268 Å². The molecule has 0 spiro atoms. The summed E-state index contributed by atoms with van der Waals surface area (Å²) in [6.07, 6.45) is -8.35. The first-order chi connectivity index (χ1) is 15.5. The van der Waals surface area contributed by atoms with Gasteiger partial charge in [-0.2, -0.15) is 0 Å². The molecule has 33 heavy (non-hydrogen) atoms. The van der Waals surface area contributed by atoms with Crippen LogP contribution in [0.5, 0.6) is 0 Å². The van der Waals surface area contributed by atoms with Crippen LogP contribution in [0.4, 0.5) is 0 Å². The van der Waals surface area contributed by atoms with E-state index in [1.165, 1.54) is 0 Å². The summed E-state index contributed by atoms with van der Waals surface area (Å²) in [5, 5.41) is 49.2. The van der Waals surface area contributed by atoms with Crippen molar-refractivity contribution in [1.29, 1.82) is 0 Å². The van der Waals surface area contributed by atoms with Crippen molar-refractivity contribution in [2.45, 2.75) is 99.2 Å². The van der Waals surface area contributed by atoms with Crippen LogP contribution in [0.25, 0.3) is 0 Å². The van der Waals surface area contributed by atoms with Gasteiger partial charge in [-0.05, 0) is 19.8 Å². The molecule has 0 saturated carbocycles. The van der Waals surface area contributed by atoms with E-state index in [-0.39, 0.29) is 19.4 Å². The van der Waals surface area contributed by atoms with Gasteiger partial charge in [-0.25, -0.2) is 0 Å². The summed E-state index contributed by atoms with van der Waals surface area (Å²) in [7, 11) is 0. The Morgan fingerprint density at radius 2 is 1.58 bits per heavy atom. The van der Waals surface area contributed by atoms with E-state index in [4.69, 9.17) is 47.6 Å². The highest BCUT2D eigenvalue weighted by Crippen LogP contribution is 2.24. The molecule has 2 fully saturated rings. The quantitative estimate of drug-likeness (QED) is 0.131. The minimum Gasteiger partial charge on any atom is -0.394 e. The smallest absolute Gasteiger partial charge is 0.185 e. The van der Waals surface area contributed by atoms with Crippen LogP contribution < -0.4 is 28.7 Å². The molecule has 0 bridgehead atoms. The molecule has 0 aromatic carbocycles. The maximum Gasteiger partial charge on any atom is 0.185 e. The van der Waals surface area contributed by atoms with E-state index in [9.17, 15) is 25.5 Å². The van der Waals surface area contributed by atoms with Gasteiger partial charge in [0.1, 0.15) is 18.3 Å². The molecule has 0 aromatic rings. The van der Waals surface area contributed by atoms with Gasteiger partial charge in [-0.15, -0.1) is 0 Å².